The first-order valence-corrected chi connectivity index (χ1v) is 7.28. The molecule has 0 saturated carbocycles. The zero-order valence-electron chi connectivity index (χ0n) is 9.95. The number of hydrogen-bond acceptors (Lipinski definition) is 4. The number of rotatable bonds is 1. The van der Waals surface area contributed by atoms with E-state index in [4.69, 9.17) is 0 Å². The maximum Gasteiger partial charge on any atom is 0.228 e. The molecule has 3 rings (SSSR count). The van der Waals surface area contributed by atoms with Crippen molar-refractivity contribution in [1.29, 1.82) is 0 Å². The van der Waals surface area contributed by atoms with E-state index in [9.17, 15) is 8.42 Å². The monoisotopic (exact) mass is 261 g/mol. The summed E-state index contributed by atoms with van der Waals surface area (Å²) in [5, 5.41) is 0.939. The second kappa shape index (κ2) is 3.52. The molecule has 5 nitrogen and oxygen atoms in total. The Morgan fingerprint density at radius 3 is 2.72 bits per heavy atom. The summed E-state index contributed by atoms with van der Waals surface area (Å²) < 4.78 is 24.9. The highest BCUT2D eigenvalue weighted by molar-refractivity contribution is 7.90. The minimum atomic E-state index is -3.33. The van der Waals surface area contributed by atoms with Crippen LogP contribution in [0.2, 0.25) is 0 Å². The fourth-order valence-electron chi connectivity index (χ4n) is 2.12. The summed E-state index contributed by atoms with van der Waals surface area (Å²) in [6, 6.07) is 7.41. The van der Waals surface area contributed by atoms with Crippen LogP contribution in [0, 0.1) is 0 Å². The summed E-state index contributed by atoms with van der Waals surface area (Å²) >= 11 is 0. The molecule has 0 unspecified atom stereocenters. The van der Waals surface area contributed by atoms with Gasteiger partial charge in [-0.15, -0.1) is 0 Å². The van der Waals surface area contributed by atoms with Crippen molar-refractivity contribution in [2.75, 3.05) is 6.26 Å². The van der Waals surface area contributed by atoms with Crippen molar-refractivity contribution in [3.63, 3.8) is 0 Å². The van der Waals surface area contributed by atoms with Gasteiger partial charge in [0.1, 0.15) is 0 Å². The molecule has 0 fully saturated rings. The average Bonchev–Trinajstić information content (AvgIpc) is 2.67. The first-order chi connectivity index (χ1) is 8.48. The first-order valence-electron chi connectivity index (χ1n) is 5.39. The maximum absolute atomic E-state index is 11.7. The van der Waals surface area contributed by atoms with E-state index < -0.39 is 9.84 Å². The van der Waals surface area contributed by atoms with Crippen LogP contribution in [-0.4, -0.2) is 29.2 Å². The third-order valence-corrected chi connectivity index (χ3v) is 3.95. The first kappa shape index (κ1) is 11.2. The molecule has 0 saturated heterocycles. The van der Waals surface area contributed by atoms with Crippen LogP contribution in [-0.2, 0) is 16.9 Å². The molecule has 0 bridgehead atoms. The third-order valence-electron chi connectivity index (χ3n) is 2.92. The van der Waals surface area contributed by atoms with Crippen molar-refractivity contribution in [2.45, 2.75) is 5.16 Å². The maximum atomic E-state index is 11.7. The van der Waals surface area contributed by atoms with Crippen LogP contribution in [0.1, 0.15) is 0 Å². The normalized spacial score (nSPS) is 12.3. The predicted octanol–water partition coefficient (Wildman–Crippen LogP) is 1.53. The van der Waals surface area contributed by atoms with Crippen molar-refractivity contribution >= 4 is 31.8 Å². The second-order valence-corrected chi connectivity index (χ2v) is 6.14. The van der Waals surface area contributed by atoms with Crippen molar-refractivity contribution in [2.24, 2.45) is 7.05 Å². The zero-order valence-corrected chi connectivity index (χ0v) is 10.8. The molecular weight excluding hydrogens is 250 g/mol. The topological polar surface area (TPSA) is 64.8 Å². The lowest BCUT2D eigenvalue weighted by atomic mass is 10.2. The van der Waals surface area contributed by atoms with Gasteiger partial charge in [0.25, 0.3) is 0 Å². The van der Waals surface area contributed by atoms with Gasteiger partial charge in [0.2, 0.25) is 15.0 Å². The Labute approximate surface area is 104 Å². The van der Waals surface area contributed by atoms with Gasteiger partial charge in [-0.2, -0.15) is 0 Å². The van der Waals surface area contributed by atoms with E-state index in [1.165, 1.54) is 0 Å². The second-order valence-electron chi connectivity index (χ2n) is 4.23. The minimum Gasteiger partial charge on any atom is -0.318 e. The zero-order chi connectivity index (χ0) is 12.9. The van der Waals surface area contributed by atoms with Crippen LogP contribution < -0.4 is 0 Å². The summed E-state index contributed by atoms with van der Waals surface area (Å²) in [7, 11) is -1.63. The molecule has 2 heterocycles. The number of aromatic nitrogens is 3. The van der Waals surface area contributed by atoms with Crippen LogP contribution in [0.25, 0.3) is 21.9 Å². The van der Waals surface area contributed by atoms with Crippen LogP contribution >= 0.6 is 0 Å². The Morgan fingerprint density at radius 1 is 1.22 bits per heavy atom. The SMILES string of the molecule is Cn1c(S(C)(=O)=O)nc2c3cccnc3ccc21. The van der Waals surface area contributed by atoms with E-state index in [1.807, 2.05) is 24.3 Å². The Balaban J connectivity index is 2.54. The number of pyridine rings is 1. The molecule has 0 aliphatic rings. The van der Waals surface area contributed by atoms with E-state index in [0.717, 1.165) is 22.7 Å². The van der Waals surface area contributed by atoms with Crippen LogP contribution in [0.15, 0.2) is 35.6 Å². The Kier molecular flexibility index (Phi) is 2.18. The van der Waals surface area contributed by atoms with E-state index in [1.54, 1.807) is 17.8 Å². The lowest BCUT2D eigenvalue weighted by Gasteiger charge is -1.99. The lowest BCUT2D eigenvalue weighted by molar-refractivity contribution is 0.587. The minimum absolute atomic E-state index is 0.0776. The number of nitrogens with zero attached hydrogens (tertiary/aromatic N) is 3. The average molecular weight is 261 g/mol. The number of benzene rings is 1. The van der Waals surface area contributed by atoms with Crippen molar-refractivity contribution in [3.8, 4) is 0 Å². The molecule has 1 aromatic carbocycles. The Bertz CT molecular complexity index is 866. The molecular formula is C12H11N3O2S. The molecule has 0 aliphatic carbocycles. The summed E-state index contributed by atoms with van der Waals surface area (Å²) in [4.78, 5) is 8.48. The molecule has 0 radical (unpaired) electrons. The fraction of sp³-hybridized carbons (Fsp3) is 0.167. The molecule has 0 atom stereocenters. The van der Waals surface area contributed by atoms with Crippen LogP contribution in [0.3, 0.4) is 0 Å². The molecule has 0 N–H and O–H groups in total. The van der Waals surface area contributed by atoms with E-state index in [2.05, 4.69) is 9.97 Å². The number of sulfone groups is 1. The van der Waals surface area contributed by atoms with Crippen LogP contribution in [0.5, 0.6) is 0 Å². The number of fused-ring (bicyclic) bond motifs is 3. The van der Waals surface area contributed by atoms with Gasteiger partial charge in [-0.25, -0.2) is 13.4 Å². The van der Waals surface area contributed by atoms with Gasteiger partial charge in [-0.1, -0.05) is 0 Å². The highest BCUT2D eigenvalue weighted by Crippen LogP contribution is 2.25. The molecule has 0 spiro atoms. The summed E-state index contributed by atoms with van der Waals surface area (Å²) in [6.45, 7) is 0. The highest BCUT2D eigenvalue weighted by atomic mass is 32.2. The van der Waals surface area contributed by atoms with Gasteiger partial charge in [0, 0.05) is 24.9 Å². The van der Waals surface area contributed by atoms with Crippen molar-refractivity contribution in [3.05, 3.63) is 30.5 Å². The molecule has 6 heteroatoms. The molecule has 3 aromatic rings. The lowest BCUT2D eigenvalue weighted by Crippen LogP contribution is -2.05. The quantitative estimate of drug-likeness (QED) is 0.666. The van der Waals surface area contributed by atoms with Gasteiger partial charge in [0.05, 0.1) is 16.6 Å². The van der Waals surface area contributed by atoms with Gasteiger partial charge in [-0.05, 0) is 24.3 Å². The van der Waals surface area contributed by atoms with E-state index in [-0.39, 0.29) is 5.16 Å². The van der Waals surface area contributed by atoms with Crippen molar-refractivity contribution in [1.82, 2.24) is 14.5 Å². The summed E-state index contributed by atoms with van der Waals surface area (Å²) in [5.41, 5.74) is 2.27. The van der Waals surface area contributed by atoms with Gasteiger partial charge in [-0.3, -0.25) is 4.98 Å². The van der Waals surface area contributed by atoms with Gasteiger partial charge >= 0.3 is 0 Å². The summed E-state index contributed by atoms with van der Waals surface area (Å²) in [6.07, 6.45) is 2.86. The fourth-order valence-corrected chi connectivity index (χ4v) is 2.97. The number of aryl methyl sites for hydroxylation is 1. The standard InChI is InChI=1S/C12H11N3O2S/c1-15-10-6-5-9-8(4-3-7-13-9)11(10)14-12(15)18(2,16)17/h3-7H,1-2H3. The Hall–Kier alpha value is -1.95. The van der Waals surface area contributed by atoms with Crippen LogP contribution in [0.4, 0.5) is 0 Å². The number of imidazole rings is 1. The van der Waals surface area contributed by atoms with Crippen molar-refractivity contribution < 1.29 is 8.42 Å². The predicted molar refractivity (Wildman–Crippen MR) is 69.1 cm³/mol. The highest BCUT2D eigenvalue weighted by Gasteiger charge is 2.18. The molecule has 18 heavy (non-hydrogen) atoms. The number of hydrogen-bond donors (Lipinski definition) is 0. The van der Waals surface area contributed by atoms with Gasteiger partial charge in [0.15, 0.2) is 0 Å². The molecule has 92 valence electrons. The largest absolute Gasteiger partial charge is 0.318 e. The van der Waals surface area contributed by atoms with Gasteiger partial charge < -0.3 is 4.57 Å². The third kappa shape index (κ3) is 1.49. The molecule has 0 amide bonds. The smallest absolute Gasteiger partial charge is 0.228 e. The van der Waals surface area contributed by atoms with E-state index >= 15 is 0 Å². The molecule has 0 aliphatic heterocycles. The Morgan fingerprint density at radius 2 is 2.00 bits per heavy atom. The summed E-state index contributed by atoms with van der Waals surface area (Å²) in [5.74, 6) is 0. The molecule has 2 aromatic heterocycles. The van der Waals surface area contributed by atoms with E-state index in [0.29, 0.717) is 5.52 Å².